The minimum Gasteiger partial charge on any atom is -0.310 e. The molecule has 2 heteroatoms. The van der Waals surface area contributed by atoms with Gasteiger partial charge in [-0.15, -0.1) is 0 Å². The summed E-state index contributed by atoms with van der Waals surface area (Å²) in [5, 5.41) is 4.60. The summed E-state index contributed by atoms with van der Waals surface area (Å²) in [6.07, 6.45) is 6.61. The van der Waals surface area contributed by atoms with Gasteiger partial charge in [0, 0.05) is 11.1 Å². The van der Waals surface area contributed by atoms with Gasteiger partial charge in [0.2, 0.25) is 0 Å². The van der Waals surface area contributed by atoms with Crippen molar-refractivity contribution in [2.45, 2.75) is 52.0 Å². The number of hydrogen-bond acceptors (Lipinski definition) is 1. The molecule has 1 saturated carbocycles. The highest BCUT2D eigenvalue weighted by Crippen LogP contribution is 2.30. The molecule has 1 N–H and O–H groups in total. The molecule has 1 fully saturated rings. The molecule has 1 aromatic rings. The van der Waals surface area contributed by atoms with Gasteiger partial charge in [-0.2, -0.15) is 0 Å². The van der Waals surface area contributed by atoms with Crippen molar-refractivity contribution in [2.75, 3.05) is 6.54 Å². The third kappa shape index (κ3) is 4.50. The van der Waals surface area contributed by atoms with Crippen molar-refractivity contribution < 1.29 is 0 Å². The zero-order valence-electron chi connectivity index (χ0n) is 12.2. The summed E-state index contributed by atoms with van der Waals surface area (Å²) in [5.74, 6) is 1.80. The molecule has 1 aromatic carbocycles. The van der Waals surface area contributed by atoms with Crippen molar-refractivity contribution in [3.8, 4) is 0 Å². The molecular formula is C17H26ClN. The number of hydrogen-bond donors (Lipinski definition) is 1. The van der Waals surface area contributed by atoms with E-state index in [4.69, 9.17) is 11.6 Å². The first kappa shape index (κ1) is 14.9. The summed E-state index contributed by atoms with van der Waals surface area (Å²) in [6.45, 7) is 5.79. The van der Waals surface area contributed by atoms with Crippen LogP contribution in [0.25, 0.3) is 0 Å². The molecule has 3 unspecified atom stereocenters. The number of benzene rings is 1. The standard InChI is InChI=1S/C17H26ClN/c1-3-4-17(15-7-9-16(18)10-8-15)19-12-14-6-5-13(2)11-14/h7-10,13-14,17,19H,3-6,11-12H2,1-2H3. The number of nitrogens with one attached hydrogen (secondary N) is 1. The SMILES string of the molecule is CCCC(NCC1CCC(C)C1)c1ccc(Cl)cc1. The lowest BCUT2D eigenvalue weighted by molar-refractivity contribution is 0.412. The molecular weight excluding hydrogens is 254 g/mol. The van der Waals surface area contributed by atoms with E-state index in [0.717, 1.165) is 23.4 Å². The van der Waals surface area contributed by atoms with Crippen LogP contribution in [0.15, 0.2) is 24.3 Å². The second-order valence-electron chi connectivity index (χ2n) is 6.09. The van der Waals surface area contributed by atoms with Gasteiger partial charge in [0.15, 0.2) is 0 Å². The van der Waals surface area contributed by atoms with Crippen LogP contribution in [0.3, 0.4) is 0 Å². The first-order chi connectivity index (χ1) is 9.19. The van der Waals surface area contributed by atoms with Crippen LogP contribution in [0.2, 0.25) is 5.02 Å². The van der Waals surface area contributed by atoms with Crippen LogP contribution in [0.5, 0.6) is 0 Å². The van der Waals surface area contributed by atoms with Gasteiger partial charge in [-0.1, -0.05) is 50.4 Å². The molecule has 1 aliphatic carbocycles. The van der Waals surface area contributed by atoms with Gasteiger partial charge in [-0.25, -0.2) is 0 Å². The molecule has 0 heterocycles. The summed E-state index contributed by atoms with van der Waals surface area (Å²) in [6, 6.07) is 8.80. The van der Waals surface area contributed by atoms with E-state index in [1.54, 1.807) is 0 Å². The molecule has 2 rings (SSSR count). The smallest absolute Gasteiger partial charge is 0.0406 e. The Balaban J connectivity index is 1.90. The van der Waals surface area contributed by atoms with Gasteiger partial charge in [-0.3, -0.25) is 0 Å². The normalized spacial score (nSPS) is 24.6. The molecule has 3 atom stereocenters. The maximum absolute atomic E-state index is 5.97. The lowest BCUT2D eigenvalue weighted by Gasteiger charge is -2.21. The second-order valence-corrected chi connectivity index (χ2v) is 6.52. The molecule has 0 aromatic heterocycles. The zero-order valence-corrected chi connectivity index (χ0v) is 12.9. The lowest BCUT2D eigenvalue weighted by atomic mass is 10.0. The Morgan fingerprint density at radius 3 is 2.58 bits per heavy atom. The van der Waals surface area contributed by atoms with Gasteiger partial charge < -0.3 is 5.32 Å². The quantitative estimate of drug-likeness (QED) is 0.754. The van der Waals surface area contributed by atoms with Crippen LogP contribution in [0.4, 0.5) is 0 Å². The fourth-order valence-electron chi connectivity index (χ4n) is 3.19. The first-order valence-electron chi connectivity index (χ1n) is 7.68. The van der Waals surface area contributed by atoms with E-state index in [9.17, 15) is 0 Å². The van der Waals surface area contributed by atoms with Crippen LogP contribution in [-0.4, -0.2) is 6.54 Å². The van der Waals surface area contributed by atoms with E-state index in [0.29, 0.717) is 6.04 Å². The van der Waals surface area contributed by atoms with Gasteiger partial charge >= 0.3 is 0 Å². The topological polar surface area (TPSA) is 12.0 Å². The van der Waals surface area contributed by atoms with Gasteiger partial charge in [-0.05, 0) is 55.3 Å². The van der Waals surface area contributed by atoms with Crippen molar-refractivity contribution in [3.63, 3.8) is 0 Å². The number of halogens is 1. The monoisotopic (exact) mass is 279 g/mol. The van der Waals surface area contributed by atoms with E-state index in [1.165, 1.54) is 37.7 Å². The third-order valence-corrected chi connectivity index (χ3v) is 4.56. The fourth-order valence-corrected chi connectivity index (χ4v) is 3.32. The van der Waals surface area contributed by atoms with Gasteiger partial charge in [0.25, 0.3) is 0 Å². The van der Waals surface area contributed by atoms with Crippen molar-refractivity contribution in [1.29, 1.82) is 0 Å². The van der Waals surface area contributed by atoms with E-state index >= 15 is 0 Å². The molecule has 0 saturated heterocycles. The van der Waals surface area contributed by atoms with Crippen LogP contribution < -0.4 is 5.32 Å². The van der Waals surface area contributed by atoms with E-state index in [-0.39, 0.29) is 0 Å². The molecule has 1 aliphatic rings. The fraction of sp³-hybridized carbons (Fsp3) is 0.647. The Bertz CT molecular complexity index is 373. The Kier molecular flexibility index (Phi) is 5.72. The Morgan fingerprint density at radius 2 is 2.00 bits per heavy atom. The van der Waals surface area contributed by atoms with Crippen LogP contribution in [0, 0.1) is 11.8 Å². The van der Waals surface area contributed by atoms with E-state index < -0.39 is 0 Å². The van der Waals surface area contributed by atoms with Crippen molar-refractivity contribution >= 4 is 11.6 Å². The largest absolute Gasteiger partial charge is 0.310 e. The van der Waals surface area contributed by atoms with Crippen LogP contribution in [0.1, 0.15) is 57.6 Å². The van der Waals surface area contributed by atoms with Crippen molar-refractivity contribution in [2.24, 2.45) is 11.8 Å². The van der Waals surface area contributed by atoms with Gasteiger partial charge in [0.05, 0.1) is 0 Å². The summed E-state index contributed by atoms with van der Waals surface area (Å²) in [4.78, 5) is 0. The average Bonchev–Trinajstić information content (AvgIpc) is 2.81. The molecule has 19 heavy (non-hydrogen) atoms. The minimum absolute atomic E-state index is 0.484. The maximum atomic E-state index is 5.97. The highest BCUT2D eigenvalue weighted by Gasteiger charge is 2.22. The van der Waals surface area contributed by atoms with Crippen molar-refractivity contribution in [3.05, 3.63) is 34.9 Å². The first-order valence-corrected chi connectivity index (χ1v) is 8.05. The average molecular weight is 280 g/mol. The summed E-state index contributed by atoms with van der Waals surface area (Å²) >= 11 is 5.97. The van der Waals surface area contributed by atoms with E-state index in [1.807, 2.05) is 12.1 Å². The minimum atomic E-state index is 0.484. The summed E-state index contributed by atoms with van der Waals surface area (Å²) in [7, 11) is 0. The van der Waals surface area contributed by atoms with Gasteiger partial charge in [0.1, 0.15) is 0 Å². The molecule has 0 radical (unpaired) electrons. The molecule has 0 aliphatic heterocycles. The van der Waals surface area contributed by atoms with Crippen LogP contribution >= 0.6 is 11.6 Å². The predicted molar refractivity (Wildman–Crippen MR) is 83.6 cm³/mol. The number of rotatable bonds is 6. The Morgan fingerprint density at radius 1 is 1.26 bits per heavy atom. The Labute approximate surface area is 122 Å². The molecule has 1 nitrogen and oxygen atoms in total. The summed E-state index contributed by atoms with van der Waals surface area (Å²) in [5.41, 5.74) is 1.37. The Hall–Kier alpha value is -0.530. The third-order valence-electron chi connectivity index (χ3n) is 4.31. The maximum Gasteiger partial charge on any atom is 0.0406 e. The molecule has 0 spiro atoms. The highest BCUT2D eigenvalue weighted by atomic mass is 35.5. The molecule has 106 valence electrons. The lowest BCUT2D eigenvalue weighted by Crippen LogP contribution is -2.26. The summed E-state index contributed by atoms with van der Waals surface area (Å²) < 4.78 is 0. The zero-order chi connectivity index (χ0) is 13.7. The van der Waals surface area contributed by atoms with E-state index in [2.05, 4.69) is 31.3 Å². The molecule has 0 bridgehead atoms. The molecule has 0 amide bonds. The highest BCUT2D eigenvalue weighted by molar-refractivity contribution is 6.30. The van der Waals surface area contributed by atoms with Crippen molar-refractivity contribution in [1.82, 2.24) is 5.32 Å². The predicted octanol–water partition coefficient (Wildman–Crippen LogP) is 5.21. The van der Waals surface area contributed by atoms with Crippen LogP contribution in [-0.2, 0) is 0 Å². The second kappa shape index (κ2) is 7.31.